The molecule has 0 radical (unpaired) electrons. The van der Waals surface area contributed by atoms with E-state index in [1.54, 1.807) is 5.43 Å². The number of halogens is 3. The zero-order valence-electron chi connectivity index (χ0n) is 7.62. The van der Waals surface area contributed by atoms with Gasteiger partial charge in [-0.3, -0.25) is 15.2 Å². The van der Waals surface area contributed by atoms with E-state index in [9.17, 15) is 18.0 Å². The highest BCUT2D eigenvalue weighted by Gasteiger charge is 2.39. The van der Waals surface area contributed by atoms with Gasteiger partial charge in [0.2, 0.25) is 5.95 Å². The summed E-state index contributed by atoms with van der Waals surface area (Å²) in [6.07, 6.45) is -2.24. The third-order valence-electron chi connectivity index (χ3n) is 1.38. The van der Waals surface area contributed by atoms with Crippen LogP contribution in [0.5, 0.6) is 0 Å². The van der Waals surface area contributed by atoms with Crippen molar-refractivity contribution in [3.63, 3.8) is 0 Å². The molecule has 1 rings (SSSR count). The van der Waals surface area contributed by atoms with Crippen molar-refractivity contribution in [1.29, 1.82) is 0 Å². The average Bonchev–Trinajstić information content (AvgIpc) is 2.17. The lowest BCUT2D eigenvalue weighted by atomic mass is 10.6. The molecule has 0 atom stereocenters. The van der Waals surface area contributed by atoms with Crippen LogP contribution in [0.1, 0.15) is 0 Å². The van der Waals surface area contributed by atoms with Crippen molar-refractivity contribution in [2.45, 2.75) is 6.18 Å². The van der Waals surface area contributed by atoms with E-state index in [2.05, 4.69) is 9.97 Å². The fourth-order valence-corrected chi connectivity index (χ4v) is 0.730. The number of rotatable bonds is 2. The highest BCUT2D eigenvalue weighted by atomic mass is 19.4. The normalized spacial score (nSPS) is 10.9. The van der Waals surface area contributed by atoms with Crippen LogP contribution < -0.4 is 10.4 Å². The Balaban J connectivity index is 2.65. The molecule has 15 heavy (non-hydrogen) atoms. The number of hydrogen-bond acceptors (Lipinski definition) is 4. The first kappa shape index (κ1) is 11.2. The van der Waals surface area contributed by atoms with Crippen LogP contribution >= 0.6 is 0 Å². The number of amides is 1. The molecule has 5 nitrogen and oxygen atoms in total. The van der Waals surface area contributed by atoms with Gasteiger partial charge in [-0.05, 0) is 6.07 Å². The van der Waals surface area contributed by atoms with E-state index in [-0.39, 0.29) is 5.95 Å². The van der Waals surface area contributed by atoms with Crippen LogP contribution in [-0.4, -0.2) is 29.1 Å². The minimum atomic E-state index is -4.93. The number of aromatic nitrogens is 2. The number of nitrogens with one attached hydrogen (secondary N) is 1. The predicted molar refractivity (Wildman–Crippen MR) is 44.6 cm³/mol. The fraction of sp³-hybridized carbons (Fsp3) is 0.286. The zero-order valence-corrected chi connectivity index (χ0v) is 7.62. The molecule has 1 heterocycles. The average molecular weight is 220 g/mol. The van der Waals surface area contributed by atoms with E-state index in [1.807, 2.05) is 0 Å². The van der Waals surface area contributed by atoms with Gasteiger partial charge in [-0.15, -0.1) is 0 Å². The van der Waals surface area contributed by atoms with Crippen LogP contribution in [0.25, 0.3) is 0 Å². The summed E-state index contributed by atoms with van der Waals surface area (Å²) in [4.78, 5) is 17.8. The number of anilines is 1. The van der Waals surface area contributed by atoms with E-state index >= 15 is 0 Å². The van der Waals surface area contributed by atoms with Gasteiger partial charge in [-0.1, -0.05) is 0 Å². The Kier molecular flexibility index (Phi) is 3.08. The summed E-state index contributed by atoms with van der Waals surface area (Å²) in [6.45, 7) is 0. The van der Waals surface area contributed by atoms with Gasteiger partial charge in [0, 0.05) is 19.4 Å². The Morgan fingerprint density at radius 3 is 2.40 bits per heavy atom. The Morgan fingerprint density at radius 2 is 1.93 bits per heavy atom. The molecule has 8 heteroatoms. The largest absolute Gasteiger partial charge is 0.472 e. The Hall–Kier alpha value is -1.86. The Bertz CT molecular complexity index is 340. The lowest BCUT2D eigenvalue weighted by Crippen LogP contribution is -2.47. The van der Waals surface area contributed by atoms with Crippen molar-refractivity contribution in [3.05, 3.63) is 18.5 Å². The van der Waals surface area contributed by atoms with E-state index < -0.39 is 12.1 Å². The summed E-state index contributed by atoms with van der Waals surface area (Å²) >= 11 is 0. The van der Waals surface area contributed by atoms with Gasteiger partial charge in [-0.25, -0.2) is 9.97 Å². The second-order valence-electron chi connectivity index (χ2n) is 2.55. The van der Waals surface area contributed by atoms with E-state index in [1.165, 1.54) is 25.5 Å². The van der Waals surface area contributed by atoms with Gasteiger partial charge in [0.25, 0.3) is 0 Å². The zero-order chi connectivity index (χ0) is 11.5. The van der Waals surface area contributed by atoms with Crippen LogP contribution in [0.15, 0.2) is 18.5 Å². The summed E-state index contributed by atoms with van der Waals surface area (Å²) in [5.74, 6) is -2.10. The SMILES string of the molecule is CN(NC(=O)C(F)(F)F)c1ncccn1. The molecule has 0 saturated heterocycles. The molecule has 0 spiro atoms. The summed E-state index contributed by atoms with van der Waals surface area (Å²) in [5, 5.41) is 0.788. The van der Waals surface area contributed by atoms with Gasteiger partial charge >= 0.3 is 12.1 Å². The summed E-state index contributed by atoms with van der Waals surface area (Å²) in [7, 11) is 1.21. The Labute approximate surface area is 82.9 Å². The Morgan fingerprint density at radius 1 is 1.40 bits per heavy atom. The van der Waals surface area contributed by atoms with Crippen LogP contribution in [-0.2, 0) is 4.79 Å². The van der Waals surface area contributed by atoms with Crippen LogP contribution in [0.4, 0.5) is 19.1 Å². The molecule has 1 N–H and O–H groups in total. The van der Waals surface area contributed by atoms with Gasteiger partial charge < -0.3 is 0 Å². The summed E-state index contributed by atoms with van der Waals surface area (Å²) in [6, 6.07) is 1.50. The van der Waals surface area contributed by atoms with Crippen molar-refractivity contribution >= 4 is 11.9 Å². The molecule has 1 aromatic heterocycles. The third kappa shape index (κ3) is 3.08. The minimum Gasteiger partial charge on any atom is -0.263 e. The molecule has 0 aliphatic carbocycles. The summed E-state index contributed by atoms with van der Waals surface area (Å²) in [5.41, 5.74) is 1.58. The van der Waals surface area contributed by atoms with Crippen molar-refractivity contribution < 1.29 is 18.0 Å². The third-order valence-corrected chi connectivity index (χ3v) is 1.38. The van der Waals surface area contributed by atoms with Gasteiger partial charge in [0.05, 0.1) is 0 Å². The smallest absolute Gasteiger partial charge is 0.263 e. The van der Waals surface area contributed by atoms with Crippen molar-refractivity contribution in [2.24, 2.45) is 0 Å². The lowest BCUT2D eigenvalue weighted by molar-refractivity contribution is -0.173. The van der Waals surface area contributed by atoms with Crippen LogP contribution in [0, 0.1) is 0 Å². The molecule has 0 aliphatic heterocycles. The molecule has 0 bridgehead atoms. The molecule has 0 aromatic carbocycles. The predicted octanol–water partition coefficient (Wildman–Crippen LogP) is 0.506. The van der Waals surface area contributed by atoms with E-state index in [0.717, 1.165) is 5.01 Å². The van der Waals surface area contributed by atoms with Crippen molar-refractivity contribution in [2.75, 3.05) is 12.1 Å². The fourth-order valence-electron chi connectivity index (χ4n) is 0.730. The monoisotopic (exact) mass is 220 g/mol. The molecular weight excluding hydrogens is 213 g/mol. The maximum atomic E-state index is 11.8. The van der Waals surface area contributed by atoms with E-state index in [0.29, 0.717) is 0 Å². The highest BCUT2D eigenvalue weighted by Crippen LogP contribution is 2.14. The first-order valence-electron chi connectivity index (χ1n) is 3.80. The lowest BCUT2D eigenvalue weighted by Gasteiger charge is -2.18. The highest BCUT2D eigenvalue weighted by molar-refractivity contribution is 5.82. The quantitative estimate of drug-likeness (QED) is 0.737. The van der Waals surface area contributed by atoms with Crippen molar-refractivity contribution in [3.8, 4) is 0 Å². The number of hydrogen-bond donors (Lipinski definition) is 1. The van der Waals surface area contributed by atoms with Gasteiger partial charge in [-0.2, -0.15) is 13.2 Å². The standard InChI is InChI=1S/C7H7F3N4O/c1-14(6-11-3-2-4-12-6)13-5(15)7(8,9)10/h2-4H,1H3,(H,13,15). The van der Waals surface area contributed by atoms with Gasteiger partial charge in [0.15, 0.2) is 0 Å². The minimum absolute atomic E-state index is 0.0323. The number of nitrogens with zero attached hydrogens (tertiary/aromatic N) is 3. The van der Waals surface area contributed by atoms with Gasteiger partial charge in [0.1, 0.15) is 0 Å². The van der Waals surface area contributed by atoms with Crippen LogP contribution in [0.3, 0.4) is 0 Å². The molecule has 1 aromatic rings. The molecule has 0 saturated carbocycles. The number of hydrazine groups is 1. The number of carbonyl (C=O) groups excluding carboxylic acids is 1. The topological polar surface area (TPSA) is 58.1 Å². The molecular formula is C7H7F3N4O. The number of alkyl halides is 3. The maximum Gasteiger partial charge on any atom is 0.472 e. The molecule has 82 valence electrons. The first-order valence-corrected chi connectivity index (χ1v) is 3.80. The number of carbonyl (C=O) groups is 1. The van der Waals surface area contributed by atoms with Crippen molar-refractivity contribution in [1.82, 2.24) is 15.4 Å². The second-order valence-corrected chi connectivity index (χ2v) is 2.55. The molecule has 0 unspecified atom stereocenters. The second kappa shape index (κ2) is 4.11. The first-order chi connectivity index (χ1) is 6.91. The molecule has 1 amide bonds. The molecule has 0 fully saturated rings. The molecule has 0 aliphatic rings. The van der Waals surface area contributed by atoms with Crippen LogP contribution in [0.2, 0.25) is 0 Å². The maximum absolute atomic E-state index is 11.8. The van der Waals surface area contributed by atoms with E-state index in [4.69, 9.17) is 0 Å². The summed E-state index contributed by atoms with van der Waals surface area (Å²) < 4.78 is 35.5.